The lowest BCUT2D eigenvalue weighted by atomic mass is 9.85. The van der Waals surface area contributed by atoms with Crippen molar-refractivity contribution in [3.05, 3.63) is 64.4 Å². The Bertz CT molecular complexity index is 1070. The number of amides is 1. The molecule has 3 aliphatic heterocycles. The number of benzene rings is 2. The molecule has 34 heavy (non-hydrogen) atoms. The Morgan fingerprint density at radius 1 is 1.09 bits per heavy atom. The van der Waals surface area contributed by atoms with Gasteiger partial charge in [0, 0.05) is 30.3 Å². The van der Waals surface area contributed by atoms with Crippen LogP contribution in [-0.2, 0) is 22.3 Å². The number of carbonyl (C=O) groups is 1. The third kappa shape index (κ3) is 4.36. The van der Waals surface area contributed by atoms with Crippen LogP contribution in [0.3, 0.4) is 0 Å². The van der Waals surface area contributed by atoms with E-state index >= 15 is 0 Å². The van der Waals surface area contributed by atoms with Gasteiger partial charge in [-0.05, 0) is 54.8 Å². The summed E-state index contributed by atoms with van der Waals surface area (Å²) in [6, 6.07) is 9.86. The highest BCUT2D eigenvalue weighted by molar-refractivity contribution is 6.31. The lowest BCUT2D eigenvalue weighted by molar-refractivity contribution is -0.138. The van der Waals surface area contributed by atoms with Crippen molar-refractivity contribution in [2.45, 2.75) is 37.2 Å². The van der Waals surface area contributed by atoms with E-state index < -0.39 is 17.3 Å². The zero-order chi connectivity index (χ0) is 24.1. The minimum absolute atomic E-state index is 0.0132. The quantitative estimate of drug-likeness (QED) is 0.449. The van der Waals surface area contributed by atoms with Gasteiger partial charge in [0.05, 0.1) is 31.5 Å². The van der Waals surface area contributed by atoms with E-state index in [1.807, 2.05) is 9.80 Å². The van der Waals surface area contributed by atoms with Crippen LogP contribution in [0.2, 0.25) is 5.02 Å². The average molecular weight is 498 g/mol. The third-order valence-corrected chi connectivity index (χ3v) is 7.32. The number of epoxide rings is 1. The van der Waals surface area contributed by atoms with Crippen LogP contribution in [0.4, 0.5) is 23.2 Å². The fraction of sp³-hybridized carbons (Fsp3) is 0.458. The molecule has 2 aromatic rings. The summed E-state index contributed by atoms with van der Waals surface area (Å²) in [5.74, 6) is -0.373. The van der Waals surface area contributed by atoms with Gasteiger partial charge in [-0.25, -0.2) is 4.39 Å². The molecule has 5 rings (SSSR count). The number of ether oxygens (including phenoxy) is 1. The highest BCUT2D eigenvalue weighted by Crippen LogP contribution is 2.41. The smallest absolute Gasteiger partial charge is 0.371 e. The largest absolute Gasteiger partial charge is 0.416 e. The van der Waals surface area contributed by atoms with Gasteiger partial charge >= 0.3 is 6.18 Å². The molecule has 1 spiro atoms. The summed E-state index contributed by atoms with van der Waals surface area (Å²) in [6.07, 6.45) is -3.58. The number of hydrogen-bond donors (Lipinski definition) is 0. The second kappa shape index (κ2) is 8.70. The highest BCUT2D eigenvalue weighted by Gasteiger charge is 2.54. The van der Waals surface area contributed by atoms with Crippen LogP contribution in [0, 0.1) is 5.82 Å². The van der Waals surface area contributed by atoms with E-state index in [1.54, 1.807) is 17.0 Å². The SMILES string of the molecule is O=C1N(C[C@@H]2CO2)CN(c2ccc(F)cc2)C12CCN(Cc1c(Cl)cccc1C(F)(F)F)CC2. The predicted octanol–water partition coefficient (Wildman–Crippen LogP) is 4.54. The Labute approximate surface area is 199 Å². The lowest BCUT2D eigenvalue weighted by Gasteiger charge is -2.43. The first-order valence-electron chi connectivity index (χ1n) is 11.2. The molecule has 5 nitrogen and oxygen atoms in total. The molecular weight excluding hydrogens is 474 g/mol. The number of piperidine rings is 1. The zero-order valence-corrected chi connectivity index (χ0v) is 19.1. The average Bonchev–Trinajstić information content (AvgIpc) is 3.58. The maximum absolute atomic E-state index is 13.6. The molecule has 0 N–H and O–H groups in total. The van der Waals surface area contributed by atoms with Gasteiger partial charge in [-0.1, -0.05) is 17.7 Å². The van der Waals surface area contributed by atoms with Crippen LogP contribution < -0.4 is 4.90 Å². The summed E-state index contributed by atoms with van der Waals surface area (Å²) < 4.78 is 59.4. The molecule has 3 heterocycles. The molecule has 0 aliphatic carbocycles. The van der Waals surface area contributed by atoms with Crippen LogP contribution in [0.1, 0.15) is 24.0 Å². The van der Waals surface area contributed by atoms with Crippen molar-refractivity contribution in [1.82, 2.24) is 9.80 Å². The molecular formula is C24H24ClF4N3O2. The minimum Gasteiger partial charge on any atom is -0.371 e. The van der Waals surface area contributed by atoms with Gasteiger partial charge in [-0.15, -0.1) is 0 Å². The van der Waals surface area contributed by atoms with Crippen molar-refractivity contribution in [1.29, 1.82) is 0 Å². The van der Waals surface area contributed by atoms with E-state index in [2.05, 4.69) is 0 Å². The number of hydrogen-bond acceptors (Lipinski definition) is 4. The Morgan fingerprint density at radius 3 is 2.38 bits per heavy atom. The molecule has 182 valence electrons. The molecule has 0 unspecified atom stereocenters. The van der Waals surface area contributed by atoms with Gasteiger partial charge in [-0.3, -0.25) is 9.69 Å². The molecule has 0 radical (unpaired) electrons. The van der Waals surface area contributed by atoms with Gasteiger partial charge in [-0.2, -0.15) is 13.2 Å². The van der Waals surface area contributed by atoms with E-state index in [0.717, 1.165) is 11.8 Å². The Kier molecular flexibility index (Phi) is 5.98. The maximum Gasteiger partial charge on any atom is 0.416 e. The van der Waals surface area contributed by atoms with Crippen LogP contribution >= 0.6 is 11.6 Å². The summed E-state index contributed by atoms with van der Waals surface area (Å²) in [5.41, 5.74) is -0.766. The van der Waals surface area contributed by atoms with Crippen molar-refractivity contribution >= 4 is 23.2 Å². The van der Waals surface area contributed by atoms with Gasteiger partial charge in [0.1, 0.15) is 11.4 Å². The number of rotatable bonds is 5. The van der Waals surface area contributed by atoms with Gasteiger partial charge < -0.3 is 14.5 Å². The van der Waals surface area contributed by atoms with Crippen molar-refractivity contribution in [3.8, 4) is 0 Å². The summed E-state index contributed by atoms with van der Waals surface area (Å²) in [4.78, 5) is 19.2. The molecule has 3 aliphatic rings. The van der Waals surface area contributed by atoms with Crippen LogP contribution in [0.5, 0.6) is 0 Å². The lowest BCUT2D eigenvalue weighted by Crippen LogP contribution is -2.56. The Morgan fingerprint density at radius 2 is 1.76 bits per heavy atom. The molecule has 1 amide bonds. The molecule has 3 saturated heterocycles. The molecule has 0 saturated carbocycles. The van der Waals surface area contributed by atoms with Crippen LogP contribution in [0.25, 0.3) is 0 Å². The first-order chi connectivity index (χ1) is 16.2. The second-order valence-corrected chi connectivity index (χ2v) is 9.51. The van der Waals surface area contributed by atoms with E-state index in [-0.39, 0.29) is 35.0 Å². The zero-order valence-electron chi connectivity index (χ0n) is 18.3. The van der Waals surface area contributed by atoms with Crippen molar-refractivity contribution in [3.63, 3.8) is 0 Å². The van der Waals surface area contributed by atoms with E-state index in [9.17, 15) is 22.4 Å². The molecule has 0 bridgehead atoms. The summed E-state index contributed by atoms with van der Waals surface area (Å²) in [5, 5.41) is 0.0793. The topological polar surface area (TPSA) is 39.3 Å². The maximum atomic E-state index is 13.6. The van der Waals surface area contributed by atoms with Crippen molar-refractivity contribution in [2.24, 2.45) is 0 Å². The van der Waals surface area contributed by atoms with Gasteiger partial charge in [0.2, 0.25) is 5.91 Å². The standard InChI is InChI=1S/C24H24ClF4N3O2/c25-21-3-1-2-20(24(27,28)29)19(21)13-30-10-8-23(9-11-30)22(33)31(12-18-14-34-18)15-32(23)17-6-4-16(26)5-7-17/h1-7,18H,8-15H2/t18-/m1/s1. The first kappa shape index (κ1) is 23.4. The van der Waals surface area contributed by atoms with Gasteiger partial charge in [0.15, 0.2) is 0 Å². The number of likely N-dealkylation sites (tertiary alicyclic amines) is 1. The molecule has 10 heteroatoms. The monoisotopic (exact) mass is 497 g/mol. The molecule has 0 aromatic heterocycles. The molecule has 1 atom stereocenters. The third-order valence-electron chi connectivity index (χ3n) is 6.97. The fourth-order valence-corrected chi connectivity index (χ4v) is 5.30. The number of anilines is 1. The van der Waals surface area contributed by atoms with E-state index in [1.165, 1.54) is 24.3 Å². The van der Waals surface area contributed by atoms with Crippen molar-refractivity contribution in [2.75, 3.05) is 37.8 Å². The highest BCUT2D eigenvalue weighted by atomic mass is 35.5. The molecule has 3 fully saturated rings. The number of nitrogens with zero attached hydrogens (tertiary/aromatic N) is 3. The normalized spacial score (nSPS) is 22.6. The van der Waals surface area contributed by atoms with Gasteiger partial charge in [0.25, 0.3) is 0 Å². The van der Waals surface area contributed by atoms with Crippen molar-refractivity contribution < 1.29 is 27.1 Å². The first-order valence-corrected chi connectivity index (χ1v) is 11.6. The van der Waals surface area contributed by atoms with E-state index in [0.29, 0.717) is 45.8 Å². The van der Waals surface area contributed by atoms with Crippen LogP contribution in [-0.4, -0.2) is 60.3 Å². The number of carbonyl (C=O) groups excluding carboxylic acids is 1. The summed E-state index contributed by atoms with van der Waals surface area (Å²) in [6.45, 7) is 2.40. The number of alkyl halides is 3. The fourth-order valence-electron chi connectivity index (χ4n) is 5.06. The molecule has 2 aromatic carbocycles. The summed E-state index contributed by atoms with van der Waals surface area (Å²) >= 11 is 6.15. The Balaban J connectivity index is 1.37. The van der Waals surface area contributed by atoms with E-state index in [4.69, 9.17) is 16.3 Å². The predicted molar refractivity (Wildman–Crippen MR) is 119 cm³/mol. The summed E-state index contributed by atoms with van der Waals surface area (Å²) in [7, 11) is 0. The number of halogens is 5. The second-order valence-electron chi connectivity index (χ2n) is 9.10. The Hall–Kier alpha value is -2.36. The minimum atomic E-state index is -4.50. The van der Waals surface area contributed by atoms with Crippen LogP contribution in [0.15, 0.2) is 42.5 Å².